The van der Waals surface area contributed by atoms with Gasteiger partial charge in [-0.25, -0.2) is 0 Å². The molecule has 0 radical (unpaired) electrons. The van der Waals surface area contributed by atoms with Crippen molar-refractivity contribution in [2.75, 3.05) is 13.1 Å². The van der Waals surface area contributed by atoms with Crippen LogP contribution in [0.4, 0.5) is 0 Å². The molecule has 0 aromatic carbocycles. The van der Waals surface area contributed by atoms with Gasteiger partial charge in [0, 0.05) is 0 Å². The molecule has 0 aromatic rings. The van der Waals surface area contributed by atoms with Gasteiger partial charge in [0.1, 0.15) is 6.04 Å². The van der Waals surface area contributed by atoms with Crippen molar-refractivity contribution in [3.63, 3.8) is 0 Å². The smallest absolute Gasteiger partial charge is 0.320 e. The number of aliphatic carboxylic acids is 1. The topological polar surface area (TPSA) is 88.1 Å². The molecule has 0 heterocycles. The fourth-order valence-electron chi connectivity index (χ4n) is 1.05. The van der Waals surface area contributed by atoms with E-state index in [4.69, 9.17) is 15.6 Å². The van der Waals surface area contributed by atoms with Gasteiger partial charge < -0.3 is 5.11 Å². The third-order valence-corrected chi connectivity index (χ3v) is 1.66. The summed E-state index contributed by atoms with van der Waals surface area (Å²) in [5.74, 6) is -0.993. The molecule has 70 valence electrons. The van der Waals surface area contributed by atoms with Gasteiger partial charge in [-0.3, -0.25) is 9.69 Å². The van der Waals surface area contributed by atoms with E-state index in [0.717, 1.165) is 0 Å². The van der Waals surface area contributed by atoms with Gasteiger partial charge in [0.15, 0.2) is 0 Å². The van der Waals surface area contributed by atoms with Crippen molar-refractivity contribution in [1.29, 1.82) is 10.5 Å². The highest BCUT2D eigenvalue weighted by Gasteiger charge is 2.22. The average Bonchev–Trinajstić information content (AvgIpc) is 2.05. The minimum absolute atomic E-state index is 0.0294. The Bertz CT molecular complexity index is 235. The van der Waals surface area contributed by atoms with Gasteiger partial charge in [0.25, 0.3) is 0 Å². The fourth-order valence-corrected chi connectivity index (χ4v) is 1.05. The maximum atomic E-state index is 10.7. The second-order valence-electron chi connectivity index (χ2n) is 2.48. The van der Waals surface area contributed by atoms with E-state index < -0.39 is 12.0 Å². The molecule has 0 aromatic heterocycles. The summed E-state index contributed by atoms with van der Waals surface area (Å²) >= 11 is 0. The molecule has 1 N–H and O–H groups in total. The van der Waals surface area contributed by atoms with E-state index in [-0.39, 0.29) is 13.1 Å². The molecule has 1 atom stereocenters. The summed E-state index contributed by atoms with van der Waals surface area (Å²) in [5.41, 5.74) is 0. The first-order chi connectivity index (χ1) is 6.17. The van der Waals surface area contributed by atoms with Crippen LogP contribution in [0, 0.1) is 22.7 Å². The summed E-state index contributed by atoms with van der Waals surface area (Å²) in [6, 6.07) is 2.93. The summed E-state index contributed by atoms with van der Waals surface area (Å²) in [7, 11) is 0. The maximum Gasteiger partial charge on any atom is 0.320 e. The van der Waals surface area contributed by atoms with Crippen LogP contribution >= 0.6 is 0 Å². The zero-order valence-corrected chi connectivity index (χ0v) is 7.40. The predicted molar refractivity (Wildman–Crippen MR) is 44.5 cm³/mol. The Morgan fingerprint density at radius 1 is 1.46 bits per heavy atom. The Kier molecular flexibility index (Phi) is 5.25. The van der Waals surface area contributed by atoms with Crippen LogP contribution in [0.5, 0.6) is 0 Å². The van der Waals surface area contributed by atoms with E-state index in [0.29, 0.717) is 6.42 Å². The Balaban J connectivity index is 4.41. The van der Waals surface area contributed by atoms with Gasteiger partial charge in [-0.2, -0.15) is 10.5 Å². The molecule has 0 aliphatic heterocycles. The number of carboxylic acids is 1. The Morgan fingerprint density at radius 2 is 1.92 bits per heavy atom. The maximum absolute atomic E-state index is 10.7. The van der Waals surface area contributed by atoms with Crippen molar-refractivity contribution < 1.29 is 9.90 Å². The van der Waals surface area contributed by atoms with Crippen LogP contribution in [0.3, 0.4) is 0 Å². The summed E-state index contributed by atoms with van der Waals surface area (Å²) in [6.45, 7) is 1.65. The Morgan fingerprint density at radius 3 is 2.15 bits per heavy atom. The number of hydrogen-bond donors (Lipinski definition) is 1. The van der Waals surface area contributed by atoms with Gasteiger partial charge >= 0.3 is 5.97 Å². The highest BCUT2D eigenvalue weighted by Crippen LogP contribution is 2.03. The predicted octanol–water partition coefficient (Wildman–Crippen LogP) is 0.199. The minimum Gasteiger partial charge on any atom is -0.480 e. The molecule has 0 rings (SSSR count). The van der Waals surface area contributed by atoms with Gasteiger partial charge in [-0.05, 0) is 6.42 Å². The van der Waals surface area contributed by atoms with Crippen LogP contribution in [0.2, 0.25) is 0 Å². The van der Waals surface area contributed by atoms with Crippen molar-refractivity contribution in [3.8, 4) is 12.1 Å². The first-order valence-electron chi connectivity index (χ1n) is 3.88. The number of carboxylic acid groups (broad SMARTS) is 1. The van der Waals surface area contributed by atoms with E-state index in [2.05, 4.69) is 0 Å². The van der Waals surface area contributed by atoms with Crippen LogP contribution in [0.15, 0.2) is 0 Å². The highest BCUT2D eigenvalue weighted by atomic mass is 16.4. The van der Waals surface area contributed by atoms with E-state index in [1.54, 1.807) is 6.92 Å². The molecule has 0 aliphatic carbocycles. The minimum atomic E-state index is -0.993. The first kappa shape index (κ1) is 11.4. The number of nitriles is 2. The molecular weight excluding hydrogens is 170 g/mol. The second kappa shape index (κ2) is 5.99. The third kappa shape index (κ3) is 3.55. The molecular formula is C8H11N3O2. The molecule has 5 heteroatoms. The summed E-state index contributed by atoms with van der Waals surface area (Å²) < 4.78 is 0. The lowest BCUT2D eigenvalue weighted by atomic mass is 10.2. The monoisotopic (exact) mass is 181 g/mol. The van der Waals surface area contributed by atoms with E-state index >= 15 is 0 Å². The van der Waals surface area contributed by atoms with Crippen molar-refractivity contribution in [1.82, 2.24) is 4.90 Å². The van der Waals surface area contributed by atoms with Crippen molar-refractivity contribution in [3.05, 3.63) is 0 Å². The second-order valence-corrected chi connectivity index (χ2v) is 2.48. The zero-order chi connectivity index (χ0) is 10.3. The van der Waals surface area contributed by atoms with Gasteiger partial charge in [0.2, 0.25) is 0 Å². The molecule has 0 amide bonds. The zero-order valence-electron chi connectivity index (χ0n) is 7.40. The highest BCUT2D eigenvalue weighted by molar-refractivity contribution is 5.73. The molecule has 0 saturated heterocycles. The molecule has 13 heavy (non-hydrogen) atoms. The Labute approximate surface area is 76.8 Å². The van der Waals surface area contributed by atoms with E-state index in [9.17, 15) is 4.79 Å². The lowest BCUT2D eigenvalue weighted by Crippen LogP contribution is -2.41. The molecule has 0 saturated carbocycles. The average molecular weight is 181 g/mol. The van der Waals surface area contributed by atoms with Crippen LogP contribution in [-0.4, -0.2) is 35.1 Å². The lowest BCUT2D eigenvalue weighted by Gasteiger charge is -2.22. The number of hydrogen-bond acceptors (Lipinski definition) is 4. The first-order valence-corrected chi connectivity index (χ1v) is 3.88. The van der Waals surface area contributed by atoms with Crippen LogP contribution in [0.25, 0.3) is 0 Å². The summed E-state index contributed by atoms with van der Waals surface area (Å²) in [4.78, 5) is 12.0. The molecule has 0 fully saturated rings. The van der Waals surface area contributed by atoms with Crippen LogP contribution < -0.4 is 0 Å². The van der Waals surface area contributed by atoms with E-state index in [1.165, 1.54) is 4.90 Å². The number of rotatable bonds is 5. The number of nitrogens with zero attached hydrogens (tertiary/aromatic N) is 3. The molecule has 0 aliphatic rings. The normalized spacial score (nSPS) is 11.7. The van der Waals surface area contributed by atoms with Gasteiger partial charge in [0.05, 0.1) is 25.2 Å². The standard InChI is InChI=1S/C8H11N3O2/c1-2-7(8(12)13)11(5-3-9)6-4-10/h7H,2,5-6H2,1H3,(H,12,13)/t7-/m0/s1. The largest absolute Gasteiger partial charge is 0.480 e. The van der Waals surface area contributed by atoms with Gasteiger partial charge in [-0.1, -0.05) is 6.92 Å². The number of carbonyl (C=O) groups is 1. The Hall–Kier alpha value is -1.59. The van der Waals surface area contributed by atoms with Crippen LogP contribution in [-0.2, 0) is 4.79 Å². The third-order valence-electron chi connectivity index (χ3n) is 1.66. The van der Waals surface area contributed by atoms with Gasteiger partial charge in [-0.15, -0.1) is 0 Å². The SMILES string of the molecule is CC[C@@H](C(=O)O)N(CC#N)CC#N. The summed E-state index contributed by atoms with van der Waals surface area (Å²) in [5, 5.41) is 25.5. The van der Waals surface area contributed by atoms with E-state index in [1.807, 2.05) is 12.1 Å². The lowest BCUT2D eigenvalue weighted by molar-refractivity contribution is -0.142. The van der Waals surface area contributed by atoms with Crippen molar-refractivity contribution in [2.45, 2.75) is 19.4 Å². The summed E-state index contributed by atoms with van der Waals surface area (Å²) in [6.07, 6.45) is 0.388. The molecule has 5 nitrogen and oxygen atoms in total. The van der Waals surface area contributed by atoms with Crippen molar-refractivity contribution >= 4 is 5.97 Å². The molecule has 0 unspecified atom stereocenters. The molecule has 0 bridgehead atoms. The molecule has 0 spiro atoms. The quantitative estimate of drug-likeness (QED) is 0.612. The van der Waals surface area contributed by atoms with Crippen LogP contribution in [0.1, 0.15) is 13.3 Å². The van der Waals surface area contributed by atoms with Crippen molar-refractivity contribution in [2.24, 2.45) is 0 Å². The fraction of sp³-hybridized carbons (Fsp3) is 0.625.